The van der Waals surface area contributed by atoms with Crippen molar-refractivity contribution in [3.63, 3.8) is 0 Å². The average Bonchev–Trinajstić information content (AvgIpc) is 2.70. The van der Waals surface area contributed by atoms with E-state index in [4.69, 9.17) is 15.2 Å². The molecule has 0 bridgehead atoms. The fourth-order valence-corrected chi connectivity index (χ4v) is 2.53. The molecule has 2 aromatic carbocycles. The lowest BCUT2D eigenvalue weighted by Gasteiger charge is -2.14. The minimum Gasteiger partial charge on any atom is -0.493 e. The second kappa shape index (κ2) is 9.82. The minimum atomic E-state index is -4.41. The highest BCUT2D eigenvalue weighted by atomic mass is 19.4. The van der Waals surface area contributed by atoms with E-state index in [0.29, 0.717) is 22.6 Å². The lowest BCUT2D eigenvalue weighted by molar-refractivity contribution is -0.137. The van der Waals surface area contributed by atoms with E-state index in [-0.39, 0.29) is 6.61 Å². The first kappa shape index (κ1) is 22.8. The second-order valence-corrected chi connectivity index (χ2v) is 6.35. The monoisotopic (exact) mass is 422 g/mol. The quantitative estimate of drug-likeness (QED) is 0.638. The van der Waals surface area contributed by atoms with Gasteiger partial charge in [-0.15, -0.1) is 0 Å². The Morgan fingerprint density at radius 2 is 1.80 bits per heavy atom. The Morgan fingerprint density at radius 1 is 1.13 bits per heavy atom. The summed E-state index contributed by atoms with van der Waals surface area (Å²) in [5.74, 6) is -0.360. The molecule has 0 saturated carbocycles. The van der Waals surface area contributed by atoms with Crippen LogP contribution in [0.5, 0.6) is 11.5 Å². The Labute approximate surface area is 171 Å². The zero-order valence-corrected chi connectivity index (χ0v) is 16.3. The molecule has 0 aliphatic carbocycles. The van der Waals surface area contributed by atoms with Crippen molar-refractivity contribution in [3.05, 3.63) is 65.2 Å². The van der Waals surface area contributed by atoms with Gasteiger partial charge >= 0.3 is 6.18 Å². The fraction of sp³-hybridized carbons (Fsp3) is 0.238. The maximum absolute atomic E-state index is 12.6. The molecule has 0 heterocycles. The number of hydrogen-bond acceptors (Lipinski definition) is 4. The summed E-state index contributed by atoms with van der Waals surface area (Å²) >= 11 is 0. The van der Waals surface area contributed by atoms with E-state index < -0.39 is 29.6 Å². The molecule has 2 amide bonds. The molecule has 0 fully saturated rings. The number of methoxy groups -OCH3 is 1. The van der Waals surface area contributed by atoms with Gasteiger partial charge in [0.25, 0.3) is 5.91 Å². The van der Waals surface area contributed by atoms with Crippen molar-refractivity contribution in [2.24, 2.45) is 5.73 Å². The molecule has 6 nitrogen and oxygen atoms in total. The zero-order chi connectivity index (χ0) is 22.3. The molecule has 0 aliphatic heterocycles. The molecular weight excluding hydrogens is 401 g/mol. The normalized spacial score (nSPS) is 12.4. The van der Waals surface area contributed by atoms with Crippen molar-refractivity contribution in [2.45, 2.75) is 19.1 Å². The van der Waals surface area contributed by atoms with Gasteiger partial charge < -0.3 is 20.5 Å². The summed E-state index contributed by atoms with van der Waals surface area (Å²) in [7, 11) is 1.43. The third-order valence-electron chi connectivity index (χ3n) is 4.08. The van der Waals surface area contributed by atoms with Crippen LogP contribution in [0.4, 0.5) is 13.2 Å². The summed E-state index contributed by atoms with van der Waals surface area (Å²) in [6, 6.07) is 8.96. The molecule has 9 heteroatoms. The van der Waals surface area contributed by atoms with Crippen molar-refractivity contribution in [1.29, 1.82) is 0 Å². The molecule has 0 saturated heterocycles. The highest BCUT2D eigenvalue weighted by Crippen LogP contribution is 2.30. The number of alkyl halides is 3. The SMILES string of the molecule is COc1cc(/C=C/C(=O)NC(C)c2ccc(C(F)(F)F)cc2)ccc1OCC(N)=O. The minimum absolute atomic E-state index is 0.296. The van der Waals surface area contributed by atoms with E-state index >= 15 is 0 Å². The van der Waals surface area contributed by atoms with Crippen LogP contribution in [0, 0.1) is 0 Å². The number of ether oxygens (including phenoxy) is 2. The molecule has 2 aromatic rings. The molecule has 3 N–H and O–H groups in total. The van der Waals surface area contributed by atoms with Crippen LogP contribution in [0.1, 0.15) is 29.7 Å². The summed E-state index contributed by atoms with van der Waals surface area (Å²) in [6.45, 7) is 1.37. The van der Waals surface area contributed by atoms with Crippen molar-refractivity contribution < 1.29 is 32.2 Å². The number of carbonyl (C=O) groups excluding carboxylic acids is 2. The Kier molecular flexibility index (Phi) is 7.46. The van der Waals surface area contributed by atoms with Gasteiger partial charge in [0.1, 0.15) is 0 Å². The Hall–Kier alpha value is -3.49. The number of nitrogens with two attached hydrogens (primary N) is 1. The topological polar surface area (TPSA) is 90.7 Å². The number of rotatable bonds is 8. The number of hydrogen-bond donors (Lipinski definition) is 2. The Bertz CT molecular complexity index is 925. The third-order valence-corrected chi connectivity index (χ3v) is 4.08. The first-order chi connectivity index (χ1) is 14.1. The third kappa shape index (κ3) is 6.54. The van der Waals surface area contributed by atoms with E-state index in [2.05, 4.69) is 5.32 Å². The largest absolute Gasteiger partial charge is 0.493 e. The molecule has 0 radical (unpaired) electrons. The van der Waals surface area contributed by atoms with Crippen LogP contribution in [-0.4, -0.2) is 25.5 Å². The number of amides is 2. The average molecular weight is 422 g/mol. The van der Waals surface area contributed by atoms with E-state index in [9.17, 15) is 22.8 Å². The van der Waals surface area contributed by atoms with E-state index in [1.54, 1.807) is 25.1 Å². The summed E-state index contributed by atoms with van der Waals surface area (Å²) in [5.41, 5.74) is 5.47. The van der Waals surface area contributed by atoms with Crippen LogP contribution < -0.4 is 20.5 Å². The molecule has 0 aliphatic rings. The molecule has 1 atom stereocenters. The maximum Gasteiger partial charge on any atom is 0.416 e. The van der Waals surface area contributed by atoms with Crippen LogP contribution >= 0.6 is 0 Å². The van der Waals surface area contributed by atoms with Crippen molar-refractivity contribution >= 4 is 17.9 Å². The predicted molar refractivity (Wildman–Crippen MR) is 105 cm³/mol. The van der Waals surface area contributed by atoms with Crippen LogP contribution in [0.25, 0.3) is 6.08 Å². The van der Waals surface area contributed by atoms with Gasteiger partial charge in [0.2, 0.25) is 5.91 Å². The molecule has 160 valence electrons. The van der Waals surface area contributed by atoms with Gasteiger partial charge in [-0.1, -0.05) is 18.2 Å². The van der Waals surface area contributed by atoms with Crippen molar-refractivity contribution in [1.82, 2.24) is 5.32 Å². The predicted octanol–water partition coefficient (Wildman–Crippen LogP) is 3.47. The van der Waals surface area contributed by atoms with Crippen LogP contribution in [0.3, 0.4) is 0 Å². The van der Waals surface area contributed by atoms with Crippen LogP contribution in [0.2, 0.25) is 0 Å². The fourth-order valence-electron chi connectivity index (χ4n) is 2.53. The second-order valence-electron chi connectivity index (χ2n) is 6.35. The van der Waals surface area contributed by atoms with Gasteiger partial charge in [-0.3, -0.25) is 9.59 Å². The van der Waals surface area contributed by atoms with Gasteiger partial charge in [0.15, 0.2) is 18.1 Å². The first-order valence-electron chi connectivity index (χ1n) is 8.85. The zero-order valence-electron chi connectivity index (χ0n) is 16.3. The lowest BCUT2D eigenvalue weighted by atomic mass is 10.1. The summed E-state index contributed by atoms with van der Waals surface area (Å²) < 4.78 is 48.3. The Morgan fingerprint density at radius 3 is 2.37 bits per heavy atom. The number of nitrogens with one attached hydrogen (secondary N) is 1. The number of carbonyl (C=O) groups is 2. The molecule has 2 rings (SSSR count). The highest BCUT2D eigenvalue weighted by Gasteiger charge is 2.30. The van der Waals surface area contributed by atoms with Gasteiger partial charge in [-0.2, -0.15) is 13.2 Å². The van der Waals surface area contributed by atoms with Crippen molar-refractivity contribution in [3.8, 4) is 11.5 Å². The molecule has 0 spiro atoms. The smallest absolute Gasteiger partial charge is 0.416 e. The summed E-state index contributed by atoms with van der Waals surface area (Å²) in [6.07, 6.45) is -1.58. The van der Waals surface area contributed by atoms with Gasteiger partial charge in [0.05, 0.1) is 18.7 Å². The van der Waals surface area contributed by atoms with Gasteiger partial charge in [-0.05, 0) is 48.4 Å². The summed E-state index contributed by atoms with van der Waals surface area (Å²) in [5, 5.41) is 2.68. The van der Waals surface area contributed by atoms with Crippen LogP contribution in [0.15, 0.2) is 48.5 Å². The van der Waals surface area contributed by atoms with E-state index in [1.165, 1.54) is 31.4 Å². The first-order valence-corrected chi connectivity index (χ1v) is 8.85. The van der Waals surface area contributed by atoms with E-state index in [0.717, 1.165) is 12.1 Å². The number of benzene rings is 2. The highest BCUT2D eigenvalue weighted by molar-refractivity contribution is 5.92. The Balaban J connectivity index is 2.00. The van der Waals surface area contributed by atoms with Crippen molar-refractivity contribution in [2.75, 3.05) is 13.7 Å². The van der Waals surface area contributed by atoms with E-state index in [1.807, 2.05) is 0 Å². The number of halogens is 3. The lowest BCUT2D eigenvalue weighted by Crippen LogP contribution is -2.24. The number of primary amides is 1. The molecule has 1 unspecified atom stereocenters. The van der Waals surface area contributed by atoms with Crippen LogP contribution in [-0.2, 0) is 15.8 Å². The maximum atomic E-state index is 12.6. The van der Waals surface area contributed by atoms with Gasteiger partial charge in [0, 0.05) is 6.08 Å². The molecule has 30 heavy (non-hydrogen) atoms. The summed E-state index contributed by atoms with van der Waals surface area (Å²) in [4.78, 5) is 23.0. The molecule has 0 aromatic heterocycles. The van der Waals surface area contributed by atoms with Gasteiger partial charge in [-0.25, -0.2) is 0 Å². The standard InChI is InChI=1S/C21H21F3N2O4/c1-13(15-5-7-16(8-6-15)21(22,23)24)26-20(28)10-4-14-3-9-17(18(11-14)29-2)30-12-19(25)27/h3-11,13H,12H2,1-2H3,(H2,25,27)(H,26,28)/b10-4+. The molecular formula is C21H21F3N2O4.